The zero-order valence-corrected chi connectivity index (χ0v) is 19.3. The molecule has 0 fully saturated rings. The lowest BCUT2D eigenvalue weighted by molar-refractivity contribution is -0.142. The molecule has 0 saturated heterocycles. The predicted octanol–water partition coefficient (Wildman–Crippen LogP) is 4.12. The highest BCUT2D eigenvalue weighted by molar-refractivity contribution is 5.84. The predicted molar refractivity (Wildman–Crippen MR) is 132 cm³/mol. The quantitative estimate of drug-likeness (QED) is 0.412. The Morgan fingerprint density at radius 2 is 1.46 bits per heavy atom. The van der Waals surface area contributed by atoms with Gasteiger partial charge in [0, 0.05) is 18.9 Å². The normalized spacial score (nSPS) is 12.8. The summed E-state index contributed by atoms with van der Waals surface area (Å²) in [5.41, 5.74) is 5.54. The molecule has 3 aromatic carbocycles. The molecule has 1 atom stereocenters. The van der Waals surface area contributed by atoms with Gasteiger partial charge in [0.1, 0.15) is 12.6 Å². The second-order valence-corrected chi connectivity index (χ2v) is 8.48. The molecule has 35 heavy (non-hydrogen) atoms. The number of carboxylic acids is 1. The maximum Gasteiger partial charge on any atom is 0.407 e. The second-order valence-electron chi connectivity index (χ2n) is 8.48. The summed E-state index contributed by atoms with van der Waals surface area (Å²) < 4.78 is 5.45. The van der Waals surface area contributed by atoms with Crippen LogP contribution in [0, 0.1) is 0 Å². The first-order valence-electron chi connectivity index (χ1n) is 11.7. The molecular weight excluding hydrogens is 444 g/mol. The molecule has 0 radical (unpaired) electrons. The van der Waals surface area contributed by atoms with Gasteiger partial charge in [-0.3, -0.25) is 4.79 Å². The first-order valence-corrected chi connectivity index (χ1v) is 11.7. The van der Waals surface area contributed by atoms with Crippen molar-refractivity contribution in [1.82, 2.24) is 10.6 Å². The third-order valence-electron chi connectivity index (χ3n) is 6.16. The van der Waals surface area contributed by atoms with Crippen molar-refractivity contribution >= 4 is 18.0 Å². The maximum atomic E-state index is 12.2. The molecule has 1 aliphatic carbocycles. The van der Waals surface area contributed by atoms with Gasteiger partial charge in [-0.2, -0.15) is 0 Å². The molecule has 2 amide bonds. The molecule has 0 aliphatic heterocycles. The van der Waals surface area contributed by atoms with Crippen molar-refractivity contribution in [2.45, 2.75) is 31.2 Å². The van der Waals surface area contributed by atoms with Gasteiger partial charge in [-0.25, -0.2) is 9.59 Å². The van der Waals surface area contributed by atoms with Gasteiger partial charge < -0.3 is 20.5 Å². The molecular formula is C28H28N2O5. The third-order valence-corrected chi connectivity index (χ3v) is 6.16. The van der Waals surface area contributed by atoms with E-state index in [9.17, 15) is 19.5 Å². The number of alkyl carbamates (subject to hydrolysis) is 1. The number of carboxylic acid groups (broad SMARTS) is 1. The van der Waals surface area contributed by atoms with Crippen LogP contribution in [0.15, 0.2) is 78.9 Å². The number of fused-ring (bicyclic) bond motifs is 3. The van der Waals surface area contributed by atoms with Crippen LogP contribution in [-0.4, -0.2) is 42.3 Å². The van der Waals surface area contributed by atoms with Crippen molar-refractivity contribution in [3.8, 4) is 11.1 Å². The number of nitrogens with one attached hydrogen (secondary N) is 2. The first kappa shape index (κ1) is 24.0. The summed E-state index contributed by atoms with van der Waals surface area (Å²) in [7, 11) is 0. The van der Waals surface area contributed by atoms with Gasteiger partial charge >= 0.3 is 12.1 Å². The van der Waals surface area contributed by atoms with Gasteiger partial charge in [-0.05, 0) is 40.7 Å². The Morgan fingerprint density at radius 3 is 2.09 bits per heavy atom. The number of carbonyl (C=O) groups is 3. The van der Waals surface area contributed by atoms with Gasteiger partial charge in [0.2, 0.25) is 5.91 Å². The van der Waals surface area contributed by atoms with E-state index in [1.54, 1.807) is 0 Å². The number of hydrogen-bond donors (Lipinski definition) is 3. The van der Waals surface area contributed by atoms with Crippen LogP contribution < -0.4 is 10.6 Å². The molecule has 7 nitrogen and oxygen atoms in total. The van der Waals surface area contributed by atoms with Crippen LogP contribution in [0.5, 0.6) is 0 Å². The van der Waals surface area contributed by atoms with Crippen LogP contribution in [0.4, 0.5) is 4.79 Å². The number of rotatable bonds is 10. The Balaban J connectivity index is 1.21. The van der Waals surface area contributed by atoms with Crippen LogP contribution in [0.1, 0.15) is 35.4 Å². The number of benzene rings is 3. The molecule has 0 spiro atoms. The van der Waals surface area contributed by atoms with E-state index in [0.717, 1.165) is 27.8 Å². The van der Waals surface area contributed by atoms with E-state index in [1.165, 1.54) is 0 Å². The number of hydrogen-bond acceptors (Lipinski definition) is 4. The van der Waals surface area contributed by atoms with E-state index in [2.05, 4.69) is 22.8 Å². The van der Waals surface area contributed by atoms with Crippen molar-refractivity contribution in [1.29, 1.82) is 0 Å². The average molecular weight is 473 g/mol. The zero-order valence-electron chi connectivity index (χ0n) is 19.3. The Kier molecular flexibility index (Phi) is 7.77. The third kappa shape index (κ3) is 6.06. The van der Waals surface area contributed by atoms with E-state index in [1.807, 2.05) is 66.7 Å². The van der Waals surface area contributed by atoms with Gasteiger partial charge in [0.25, 0.3) is 0 Å². The van der Waals surface area contributed by atoms with Gasteiger partial charge in [-0.15, -0.1) is 0 Å². The van der Waals surface area contributed by atoms with E-state index < -0.39 is 24.0 Å². The van der Waals surface area contributed by atoms with Crippen LogP contribution in [-0.2, 0) is 20.7 Å². The molecule has 1 unspecified atom stereocenters. The van der Waals surface area contributed by atoms with Gasteiger partial charge in [-0.1, -0.05) is 78.9 Å². The van der Waals surface area contributed by atoms with Crippen molar-refractivity contribution in [3.63, 3.8) is 0 Å². The molecule has 3 aromatic rings. The molecule has 0 saturated carbocycles. The first-order chi connectivity index (χ1) is 17.0. The highest BCUT2D eigenvalue weighted by atomic mass is 16.5. The van der Waals surface area contributed by atoms with Crippen LogP contribution in [0.2, 0.25) is 0 Å². The summed E-state index contributed by atoms with van der Waals surface area (Å²) in [5.74, 6) is -1.57. The van der Waals surface area contributed by atoms with Crippen molar-refractivity contribution < 1.29 is 24.2 Å². The lowest BCUT2D eigenvalue weighted by Gasteiger charge is -2.16. The highest BCUT2D eigenvalue weighted by Gasteiger charge is 2.29. The smallest absolute Gasteiger partial charge is 0.407 e. The molecule has 0 heterocycles. The van der Waals surface area contributed by atoms with Crippen molar-refractivity contribution in [3.05, 3.63) is 95.6 Å². The Hall–Kier alpha value is -4.13. The van der Waals surface area contributed by atoms with Gasteiger partial charge in [0.05, 0.1) is 0 Å². The van der Waals surface area contributed by atoms with Crippen LogP contribution >= 0.6 is 0 Å². The standard InChI is InChI=1S/C28H28N2O5/c31-26(30-25(27(32)33)15-14-19-8-2-1-3-9-19)16-17-29-28(34)35-18-24-22-12-6-4-10-20(22)21-11-5-7-13-23(21)24/h1-13,24-25H,14-18H2,(H,29,34)(H,30,31)(H,32,33). The molecule has 4 rings (SSSR count). The lowest BCUT2D eigenvalue weighted by atomic mass is 9.98. The summed E-state index contributed by atoms with van der Waals surface area (Å²) in [6.07, 6.45) is 0.166. The second kappa shape index (κ2) is 11.3. The largest absolute Gasteiger partial charge is 0.480 e. The highest BCUT2D eigenvalue weighted by Crippen LogP contribution is 2.44. The van der Waals surface area contributed by atoms with E-state index in [4.69, 9.17) is 4.74 Å². The summed E-state index contributed by atoms with van der Waals surface area (Å²) in [6, 6.07) is 24.7. The monoisotopic (exact) mass is 472 g/mol. The molecule has 180 valence electrons. The summed E-state index contributed by atoms with van der Waals surface area (Å²) in [6.45, 7) is 0.236. The number of amides is 2. The topological polar surface area (TPSA) is 105 Å². The average Bonchev–Trinajstić information content (AvgIpc) is 3.19. The number of aliphatic carboxylic acids is 1. The van der Waals surface area contributed by atoms with E-state index in [0.29, 0.717) is 6.42 Å². The zero-order chi connectivity index (χ0) is 24.6. The molecule has 0 aromatic heterocycles. The Bertz CT molecular complexity index is 1150. The molecule has 0 bridgehead atoms. The molecule has 1 aliphatic rings. The number of ether oxygens (including phenoxy) is 1. The fraction of sp³-hybridized carbons (Fsp3) is 0.250. The lowest BCUT2D eigenvalue weighted by Crippen LogP contribution is -2.42. The SMILES string of the molecule is O=C(CCNC(=O)OCC1c2ccccc2-c2ccccc21)NC(CCc1ccccc1)C(=O)O. The van der Waals surface area contributed by atoms with Crippen LogP contribution in [0.3, 0.4) is 0 Å². The Labute approximate surface area is 204 Å². The van der Waals surface area contributed by atoms with Crippen LogP contribution in [0.25, 0.3) is 11.1 Å². The van der Waals surface area contributed by atoms with Gasteiger partial charge in [0.15, 0.2) is 0 Å². The summed E-state index contributed by atoms with van der Waals surface area (Å²) >= 11 is 0. The Morgan fingerprint density at radius 1 is 0.857 bits per heavy atom. The molecule has 7 heteroatoms. The minimum atomic E-state index is -1.08. The van der Waals surface area contributed by atoms with Crippen molar-refractivity contribution in [2.24, 2.45) is 0 Å². The maximum absolute atomic E-state index is 12.2. The molecule has 3 N–H and O–H groups in total. The minimum absolute atomic E-state index is 0.0423. The number of carbonyl (C=O) groups excluding carboxylic acids is 2. The fourth-order valence-electron chi connectivity index (χ4n) is 4.41. The fourth-order valence-corrected chi connectivity index (χ4v) is 4.41. The number of aryl methyl sites for hydroxylation is 1. The minimum Gasteiger partial charge on any atom is -0.480 e. The van der Waals surface area contributed by atoms with Crippen molar-refractivity contribution in [2.75, 3.05) is 13.2 Å². The van der Waals surface area contributed by atoms with E-state index >= 15 is 0 Å². The van der Waals surface area contributed by atoms with E-state index in [-0.39, 0.29) is 31.9 Å². The summed E-state index contributed by atoms with van der Waals surface area (Å²) in [5, 5.41) is 14.5. The summed E-state index contributed by atoms with van der Waals surface area (Å²) in [4.78, 5) is 36.0.